The van der Waals surface area contributed by atoms with E-state index in [2.05, 4.69) is 12.2 Å². The first-order chi connectivity index (χ1) is 9.20. The molecule has 1 aliphatic carbocycles. The van der Waals surface area contributed by atoms with Gasteiger partial charge in [0.05, 0.1) is 5.60 Å². The molecular formula is C16H22FNO. The fourth-order valence-corrected chi connectivity index (χ4v) is 3.40. The van der Waals surface area contributed by atoms with E-state index in [1.807, 2.05) is 12.1 Å². The molecule has 2 unspecified atom stereocenters. The Morgan fingerprint density at radius 1 is 1.21 bits per heavy atom. The number of hydrogen-bond acceptors (Lipinski definition) is 2. The molecule has 1 saturated heterocycles. The summed E-state index contributed by atoms with van der Waals surface area (Å²) in [6.07, 6.45) is 5.76. The molecule has 19 heavy (non-hydrogen) atoms. The fourth-order valence-electron chi connectivity index (χ4n) is 3.40. The average molecular weight is 263 g/mol. The highest BCUT2D eigenvalue weighted by molar-refractivity contribution is 5.22. The van der Waals surface area contributed by atoms with Crippen LogP contribution in [0.1, 0.15) is 50.7 Å². The standard InChI is InChI=1S/C16H22FNO/c1-12-15(13-7-3-4-8-14(13)17)19-16(11-18-12)9-5-2-6-10-16/h3-4,7-8,12,15,18H,2,5-6,9-11H2,1H3. The Morgan fingerprint density at radius 3 is 2.68 bits per heavy atom. The first-order valence-corrected chi connectivity index (χ1v) is 7.36. The van der Waals surface area contributed by atoms with E-state index in [9.17, 15) is 4.39 Å². The van der Waals surface area contributed by atoms with Crippen molar-refractivity contribution in [2.45, 2.75) is 56.8 Å². The summed E-state index contributed by atoms with van der Waals surface area (Å²) in [5.74, 6) is -0.158. The first kappa shape index (κ1) is 13.1. The van der Waals surface area contributed by atoms with Gasteiger partial charge in [0.2, 0.25) is 0 Å². The van der Waals surface area contributed by atoms with E-state index in [1.165, 1.54) is 25.3 Å². The van der Waals surface area contributed by atoms with Crippen molar-refractivity contribution < 1.29 is 9.13 Å². The number of ether oxygens (including phenoxy) is 1. The Morgan fingerprint density at radius 2 is 1.95 bits per heavy atom. The molecule has 1 aliphatic heterocycles. The molecule has 2 aliphatic rings. The molecular weight excluding hydrogens is 241 g/mol. The predicted molar refractivity (Wildman–Crippen MR) is 73.5 cm³/mol. The molecule has 1 aromatic rings. The quantitative estimate of drug-likeness (QED) is 0.836. The van der Waals surface area contributed by atoms with E-state index >= 15 is 0 Å². The molecule has 1 N–H and O–H groups in total. The number of benzene rings is 1. The second-order valence-electron chi connectivity index (χ2n) is 5.97. The molecule has 0 aromatic heterocycles. The van der Waals surface area contributed by atoms with Crippen molar-refractivity contribution in [3.8, 4) is 0 Å². The third kappa shape index (κ3) is 2.54. The van der Waals surface area contributed by atoms with Crippen molar-refractivity contribution >= 4 is 0 Å². The molecule has 3 heteroatoms. The molecule has 0 bridgehead atoms. The van der Waals surface area contributed by atoms with Gasteiger partial charge in [0.15, 0.2) is 0 Å². The van der Waals surface area contributed by atoms with E-state index in [4.69, 9.17) is 4.74 Å². The summed E-state index contributed by atoms with van der Waals surface area (Å²) in [5, 5.41) is 3.53. The predicted octanol–water partition coefficient (Wildman–Crippen LogP) is 3.58. The fraction of sp³-hybridized carbons (Fsp3) is 0.625. The lowest BCUT2D eigenvalue weighted by atomic mass is 9.82. The van der Waals surface area contributed by atoms with Gasteiger partial charge in [0, 0.05) is 18.2 Å². The van der Waals surface area contributed by atoms with Gasteiger partial charge in [-0.15, -0.1) is 0 Å². The van der Waals surface area contributed by atoms with E-state index in [1.54, 1.807) is 6.07 Å². The second-order valence-corrected chi connectivity index (χ2v) is 5.97. The molecule has 1 heterocycles. The minimum atomic E-state index is -0.173. The van der Waals surface area contributed by atoms with Crippen LogP contribution in [0.5, 0.6) is 0 Å². The van der Waals surface area contributed by atoms with E-state index in [0.717, 1.165) is 19.4 Å². The summed E-state index contributed by atoms with van der Waals surface area (Å²) in [6, 6.07) is 7.14. The highest BCUT2D eigenvalue weighted by atomic mass is 19.1. The van der Waals surface area contributed by atoms with E-state index in [0.29, 0.717) is 5.56 Å². The van der Waals surface area contributed by atoms with Gasteiger partial charge in [-0.1, -0.05) is 37.5 Å². The average Bonchev–Trinajstić information content (AvgIpc) is 2.44. The van der Waals surface area contributed by atoms with Crippen molar-refractivity contribution in [3.05, 3.63) is 35.6 Å². The zero-order valence-corrected chi connectivity index (χ0v) is 11.5. The molecule has 1 aromatic carbocycles. The van der Waals surface area contributed by atoms with E-state index < -0.39 is 0 Å². The Labute approximate surface area is 114 Å². The van der Waals surface area contributed by atoms with Gasteiger partial charge in [0.25, 0.3) is 0 Å². The van der Waals surface area contributed by atoms with Crippen LogP contribution >= 0.6 is 0 Å². The van der Waals surface area contributed by atoms with Gasteiger partial charge < -0.3 is 10.1 Å². The smallest absolute Gasteiger partial charge is 0.129 e. The number of morpholine rings is 1. The van der Waals surface area contributed by atoms with Crippen molar-refractivity contribution in [1.82, 2.24) is 5.32 Å². The molecule has 2 atom stereocenters. The van der Waals surface area contributed by atoms with Crippen LogP contribution in [0, 0.1) is 5.82 Å². The Bertz CT molecular complexity index is 442. The van der Waals surface area contributed by atoms with Crippen LogP contribution in [0.3, 0.4) is 0 Å². The number of nitrogens with one attached hydrogen (secondary N) is 1. The molecule has 0 amide bonds. The SMILES string of the molecule is CC1NCC2(CCCCC2)OC1c1ccccc1F. The summed E-state index contributed by atoms with van der Waals surface area (Å²) >= 11 is 0. The first-order valence-electron chi connectivity index (χ1n) is 7.36. The largest absolute Gasteiger partial charge is 0.364 e. The highest BCUT2D eigenvalue weighted by Crippen LogP contribution is 2.40. The maximum Gasteiger partial charge on any atom is 0.129 e. The normalized spacial score (nSPS) is 30.4. The van der Waals surface area contributed by atoms with Gasteiger partial charge >= 0.3 is 0 Å². The van der Waals surface area contributed by atoms with Crippen LogP contribution in [-0.2, 0) is 4.74 Å². The third-order valence-corrected chi connectivity index (χ3v) is 4.55. The monoisotopic (exact) mass is 263 g/mol. The molecule has 3 rings (SSSR count). The molecule has 2 fully saturated rings. The lowest BCUT2D eigenvalue weighted by Crippen LogP contribution is -2.55. The molecule has 2 nitrogen and oxygen atoms in total. The molecule has 0 radical (unpaired) electrons. The summed E-state index contributed by atoms with van der Waals surface area (Å²) in [5.41, 5.74) is 0.615. The number of halogens is 1. The molecule has 104 valence electrons. The minimum Gasteiger partial charge on any atom is -0.364 e. The van der Waals surface area contributed by atoms with Crippen LogP contribution in [0.2, 0.25) is 0 Å². The zero-order chi connectivity index (χ0) is 13.3. The number of hydrogen-bond donors (Lipinski definition) is 1. The van der Waals surface area contributed by atoms with Crippen molar-refractivity contribution in [1.29, 1.82) is 0 Å². The Balaban J connectivity index is 1.85. The zero-order valence-electron chi connectivity index (χ0n) is 11.5. The van der Waals surface area contributed by atoms with Crippen LogP contribution < -0.4 is 5.32 Å². The maximum atomic E-state index is 14.0. The minimum absolute atomic E-state index is 0.0717. The highest BCUT2D eigenvalue weighted by Gasteiger charge is 2.41. The van der Waals surface area contributed by atoms with Gasteiger partial charge in [-0.05, 0) is 25.8 Å². The second kappa shape index (κ2) is 5.22. The van der Waals surface area contributed by atoms with E-state index in [-0.39, 0.29) is 23.6 Å². The molecule has 1 spiro atoms. The number of rotatable bonds is 1. The Hall–Kier alpha value is -0.930. The third-order valence-electron chi connectivity index (χ3n) is 4.55. The van der Waals surface area contributed by atoms with Crippen molar-refractivity contribution in [2.24, 2.45) is 0 Å². The van der Waals surface area contributed by atoms with Gasteiger partial charge in [-0.25, -0.2) is 4.39 Å². The summed E-state index contributed by atoms with van der Waals surface area (Å²) in [7, 11) is 0. The van der Waals surface area contributed by atoms with Gasteiger partial charge in [0.1, 0.15) is 11.9 Å². The topological polar surface area (TPSA) is 21.3 Å². The van der Waals surface area contributed by atoms with Crippen LogP contribution in [0.4, 0.5) is 4.39 Å². The van der Waals surface area contributed by atoms with Crippen molar-refractivity contribution in [2.75, 3.05) is 6.54 Å². The molecule has 1 saturated carbocycles. The lowest BCUT2D eigenvalue weighted by molar-refractivity contribution is -0.152. The Kier molecular flexibility index (Phi) is 3.59. The summed E-state index contributed by atoms with van der Waals surface area (Å²) in [6.45, 7) is 2.98. The van der Waals surface area contributed by atoms with Crippen LogP contribution in [-0.4, -0.2) is 18.2 Å². The van der Waals surface area contributed by atoms with Gasteiger partial charge in [-0.2, -0.15) is 0 Å². The van der Waals surface area contributed by atoms with Crippen LogP contribution in [0.25, 0.3) is 0 Å². The van der Waals surface area contributed by atoms with Crippen molar-refractivity contribution in [3.63, 3.8) is 0 Å². The lowest BCUT2D eigenvalue weighted by Gasteiger charge is -2.47. The summed E-state index contributed by atoms with van der Waals surface area (Å²) in [4.78, 5) is 0. The van der Waals surface area contributed by atoms with Gasteiger partial charge in [-0.3, -0.25) is 0 Å². The summed E-state index contributed by atoms with van der Waals surface area (Å²) < 4.78 is 20.4. The maximum absolute atomic E-state index is 14.0. The van der Waals surface area contributed by atoms with Crippen LogP contribution in [0.15, 0.2) is 24.3 Å².